The molecule has 0 aliphatic rings. The van der Waals surface area contributed by atoms with Crippen LogP contribution >= 0.6 is 34.8 Å². The predicted octanol–water partition coefficient (Wildman–Crippen LogP) is 7.22. The number of rotatable bonds is 6. The van der Waals surface area contributed by atoms with Crippen molar-refractivity contribution < 1.29 is 13.9 Å². The molecule has 162 valence electrons. The topological polar surface area (TPSA) is 62.1 Å². The van der Waals surface area contributed by atoms with Crippen LogP contribution in [-0.4, -0.2) is 5.91 Å². The fraction of sp³-hybridized carbons (Fsp3) is 0.0833. The van der Waals surface area contributed by atoms with Gasteiger partial charge in [0, 0.05) is 16.3 Å². The Morgan fingerprint density at radius 1 is 1.09 bits per heavy atom. The van der Waals surface area contributed by atoms with Crippen molar-refractivity contribution in [3.05, 3.63) is 97.7 Å². The van der Waals surface area contributed by atoms with E-state index in [0.29, 0.717) is 27.4 Å². The van der Waals surface area contributed by atoms with Crippen molar-refractivity contribution in [3.63, 3.8) is 0 Å². The van der Waals surface area contributed by atoms with Crippen LogP contribution in [0.25, 0.3) is 6.08 Å². The Bertz CT molecular complexity index is 1230. The van der Waals surface area contributed by atoms with Crippen molar-refractivity contribution in [2.75, 3.05) is 5.32 Å². The molecule has 32 heavy (non-hydrogen) atoms. The summed E-state index contributed by atoms with van der Waals surface area (Å²) in [6.07, 6.45) is 1.35. The summed E-state index contributed by atoms with van der Waals surface area (Å²) in [5.74, 6) is -0.838. The standard InChI is InChI=1S/C24H16Cl3FN2O2/c1-14-18(25)6-4-8-22(14)30-24(31)17(12-29)9-15-10-19(26)23(20(27)11-15)32-13-16-5-2-3-7-21(16)28/h2-11H,13H2,1H3,(H,30,31)/b17-9-. The summed E-state index contributed by atoms with van der Waals surface area (Å²) in [4.78, 5) is 12.6. The molecule has 1 N–H and O–H groups in total. The van der Waals surface area contributed by atoms with Gasteiger partial charge in [-0.3, -0.25) is 4.79 Å². The Balaban J connectivity index is 1.80. The number of carbonyl (C=O) groups excluding carboxylic acids is 1. The van der Waals surface area contributed by atoms with Crippen molar-refractivity contribution in [3.8, 4) is 11.8 Å². The van der Waals surface area contributed by atoms with Gasteiger partial charge in [-0.2, -0.15) is 5.26 Å². The molecule has 0 fully saturated rings. The summed E-state index contributed by atoms with van der Waals surface area (Å²) in [7, 11) is 0. The van der Waals surface area contributed by atoms with Crippen LogP contribution < -0.4 is 10.1 Å². The third-order valence-electron chi connectivity index (χ3n) is 4.54. The summed E-state index contributed by atoms with van der Waals surface area (Å²) < 4.78 is 19.4. The molecule has 1 amide bonds. The third-order valence-corrected chi connectivity index (χ3v) is 5.51. The zero-order valence-corrected chi connectivity index (χ0v) is 19.0. The Morgan fingerprint density at radius 3 is 2.44 bits per heavy atom. The van der Waals surface area contributed by atoms with Crippen molar-refractivity contribution in [2.45, 2.75) is 13.5 Å². The normalized spacial score (nSPS) is 11.1. The van der Waals surface area contributed by atoms with Gasteiger partial charge in [-0.1, -0.05) is 59.1 Å². The highest BCUT2D eigenvalue weighted by molar-refractivity contribution is 6.37. The Labute approximate surface area is 199 Å². The van der Waals surface area contributed by atoms with E-state index in [1.807, 2.05) is 6.07 Å². The van der Waals surface area contributed by atoms with Crippen molar-refractivity contribution in [1.82, 2.24) is 0 Å². The molecule has 4 nitrogen and oxygen atoms in total. The number of hydrogen-bond donors (Lipinski definition) is 1. The van der Waals surface area contributed by atoms with Crippen molar-refractivity contribution in [2.24, 2.45) is 0 Å². The second-order valence-corrected chi connectivity index (χ2v) is 7.95. The SMILES string of the molecule is Cc1c(Cl)cccc1NC(=O)/C(C#N)=C\c1cc(Cl)c(OCc2ccccc2F)c(Cl)c1. The molecule has 0 heterocycles. The van der Waals surface area contributed by atoms with Crippen LogP contribution in [0.1, 0.15) is 16.7 Å². The lowest BCUT2D eigenvalue weighted by atomic mass is 10.1. The summed E-state index contributed by atoms with van der Waals surface area (Å²) in [6.45, 7) is 1.69. The van der Waals surface area contributed by atoms with E-state index in [9.17, 15) is 14.4 Å². The zero-order chi connectivity index (χ0) is 23.3. The third kappa shape index (κ3) is 5.60. The quantitative estimate of drug-likeness (QED) is 0.294. The smallest absolute Gasteiger partial charge is 0.266 e. The van der Waals surface area contributed by atoms with Gasteiger partial charge in [-0.15, -0.1) is 0 Å². The number of nitrogens with one attached hydrogen (secondary N) is 1. The Morgan fingerprint density at radius 2 is 1.78 bits per heavy atom. The molecule has 0 unspecified atom stereocenters. The highest BCUT2D eigenvalue weighted by Gasteiger charge is 2.15. The van der Waals surface area contributed by atoms with Gasteiger partial charge < -0.3 is 10.1 Å². The molecule has 0 aliphatic heterocycles. The maximum absolute atomic E-state index is 13.8. The molecular weight excluding hydrogens is 474 g/mol. The summed E-state index contributed by atoms with van der Waals surface area (Å²) in [6, 6.07) is 16.1. The number of nitriles is 1. The minimum Gasteiger partial charge on any atom is -0.486 e. The highest BCUT2D eigenvalue weighted by atomic mass is 35.5. The molecule has 8 heteroatoms. The molecular formula is C24H16Cl3FN2O2. The van der Waals surface area contributed by atoms with E-state index in [1.165, 1.54) is 24.3 Å². The van der Waals surface area contributed by atoms with E-state index in [-0.39, 0.29) is 28.0 Å². The molecule has 3 aromatic rings. The Kier molecular flexibility index (Phi) is 7.76. The van der Waals surface area contributed by atoms with Crippen LogP contribution in [0.2, 0.25) is 15.1 Å². The molecule has 0 spiro atoms. The second kappa shape index (κ2) is 10.5. The predicted molar refractivity (Wildman–Crippen MR) is 126 cm³/mol. The van der Waals surface area contributed by atoms with Crippen LogP contribution in [0.15, 0.2) is 60.2 Å². The second-order valence-electron chi connectivity index (χ2n) is 6.73. The fourth-order valence-electron chi connectivity index (χ4n) is 2.81. The van der Waals surface area contributed by atoms with Crippen LogP contribution in [0.3, 0.4) is 0 Å². The highest BCUT2D eigenvalue weighted by Crippen LogP contribution is 2.35. The minimum absolute atomic E-state index is 0.0634. The number of hydrogen-bond acceptors (Lipinski definition) is 3. The largest absolute Gasteiger partial charge is 0.486 e. The van der Waals surface area contributed by atoms with Crippen molar-refractivity contribution in [1.29, 1.82) is 5.26 Å². The van der Waals surface area contributed by atoms with Gasteiger partial charge >= 0.3 is 0 Å². The molecule has 0 radical (unpaired) electrons. The van der Waals surface area contributed by atoms with Crippen LogP contribution in [0.4, 0.5) is 10.1 Å². The van der Waals surface area contributed by atoms with Gasteiger partial charge in [-0.05, 0) is 54.5 Å². The number of benzene rings is 3. The van der Waals surface area contributed by atoms with Gasteiger partial charge in [0.05, 0.1) is 10.0 Å². The van der Waals surface area contributed by atoms with E-state index >= 15 is 0 Å². The maximum atomic E-state index is 13.8. The molecule has 0 aromatic heterocycles. The molecule has 3 aromatic carbocycles. The van der Waals surface area contributed by atoms with Gasteiger partial charge in [0.25, 0.3) is 5.91 Å². The lowest BCUT2D eigenvalue weighted by molar-refractivity contribution is -0.112. The van der Waals surface area contributed by atoms with E-state index < -0.39 is 11.7 Å². The first-order valence-electron chi connectivity index (χ1n) is 9.33. The summed E-state index contributed by atoms with van der Waals surface area (Å²) in [5, 5.41) is 12.9. The number of ether oxygens (including phenoxy) is 1. The number of carbonyl (C=O) groups is 1. The van der Waals surface area contributed by atoms with Gasteiger partial charge in [0.15, 0.2) is 5.75 Å². The van der Waals surface area contributed by atoms with Gasteiger partial charge in [-0.25, -0.2) is 4.39 Å². The van der Waals surface area contributed by atoms with Crippen LogP contribution in [0, 0.1) is 24.1 Å². The maximum Gasteiger partial charge on any atom is 0.266 e. The average Bonchev–Trinajstić information content (AvgIpc) is 2.75. The molecule has 0 saturated carbocycles. The minimum atomic E-state index is -0.606. The molecule has 0 saturated heterocycles. The Hall–Kier alpha value is -3.04. The van der Waals surface area contributed by atoms with Crippen LogP contribution in [0.5, 0.6) is 5.75 Å². The first-order chi connectivity index (χ1) is 15.3. The number of anilines is 1. The molecule has 0 aliphatic carbocycles. The van der Waals surface area contributed by atoms with Crippen molar-refractivity contribution >= 4 is 52.5 Å². The fourth-order valence-corrected chi connectivity index (χ4v) is 3.60. The lowest BCUT2D eigenvalue weighted by Gasteiger charge is -2.12. The molecule has 3 rings (SSSR count). The first kappa shape index (κ1) is 23.6. The summed E-state index contributed by atoms with van der Waals surface area (Å²) >= 11 is 18.6. The average molecular weight is 490 g/mol. The van der Waals surface area contributed by atoms with Gasteiger partial charge in [0.2, 0.25) is 0 Å². The summed E-state index contributed by atoms with van der Waals surface area (Å²) in [5.41, 5.74) is 1.80. The molecule has 0 atom stereocenters. The number of halogens is 4. The number of nitrogens with zero attached hydrogens (tertiary/aromatic N) is 1. The lowest BCUT2D eigenvalue weighted by Crippen LogP contribution is -2.14. The van der Waals surface area contributed by atoms with E-state index in [0.717, 1.165) is 0 Å². The number of amides is 1. The van der Waals surface area contributed by atoms with E-state index in [1.54, 1.807) is 43.3 Å². The zero-order valence-electron chi connectivity index (χ0n) is 16.8. The van der Waals surface area contributed by atoms with Crippen LogP contribution in [-0.2, 0) is 11.4 Å². The van der Waals surface area contributed by atoms with E-state index in [4.69, 9.17) is 39.5 Å². The first-order valence-corrected chi connectivity index (χ1v) is 10.5. The molecule has 0 bridgehead atoms. The monoisotopic (exact) mass is 488 g/mol. The van der Waals surface area contributed by atoms with E-state index in [2.05, 4.69) is 5.32 Å². The van der Waals surface area contributed by atoms with Gasteiger partial charge in [0.1, 0.15) is 24.1 Å².